The quantitative estimate of drug-likeness (QED) is 0.647. The van der Waals surface area contributed by atoms with Crippen molar-refractivity contribution < 1.29 is 29.3 Å². The Morgan fingerprint density at radius 1 is 1.41 bits per heavy atom. The molecule has 22 heavy (non-hydrogen) atoms. The fraction of sp³-hybridized carbons (Fsp3) is 0.467. The van der Waals surface area contributed by atoms with Crippen LogP contribution in [-0.2, 0) is 20.9 Å². The predicted molar refractivity (Wildman–Crippen MR) is 78.5 cm³/mol. The zero-order valence-electron chi connectivity index (χ0n) is 12.8. The lowest BCUT2D eigenvalue weighted by Gasteiger charge is -2.20. The number of methoxy groups -OCH3 is 1. The molecule has 0 heterocycles. The van der Waals surface area contributed by atoms with E-state index in [1.807, 2.05) is 12.1 Å². The number of benzene rings is 1. The molecule has 1 aromatic carbocycles. The number of aliphatic carboxylic acids is 1. The van der Waals surface area contributed by atoms with Gasteiger partial charge in [0.25, 0.3) is 0 Å². The summed E-state index contributed by atoms with van der Waals surface area (Å²) in [6.07, 6.45) is -0.782. The first kappa shape index (κ1) is 17.9. The van der Waals surface area contributed by atoms with Gasteiger partial charge in [-0.2, -0.15) is 0 Å². The van der Waals surface area contributed by atoms with Crippen molar-refractivity contribution in [3.63, 3.8) is 0 Å². The molecule has 1 aromatic rings. The Morgan fingerprint density at radius 3 is 2.68 bits per heavy atom. The third kappa shape index (κ3) is 5.34. The minimum atomic E-state index is -2.01. The lowest BCUT2D eigenvalue weighted by Crippen LogP contribution is -2.48. The van der Waals surface area contributed by atoms with Gasteiger partial charge in [0.2, 0.25) is 5.91 Å². The highest BCUT2D eigenvalue weighted by molar-refractivity contribution is 5.82. The molecule has 122 valence electrons. The Labute approximate surface area is 128 Å². The summed E-state index contributed by atoms with van der Waals surface area (Å²) < 4.78 is 10.5. The minimum absolute atomic E-state index is 0.209. The Balaban J connectivity index is 2.46. The second kappa shape index (κ2) is 7.77. The molecule has 0 bridgehead atoms. The standard InChI is InChI=1S/C15H21NO6/c1-10(13(17)16-9-15(2,20)14(18)19)22-8-11-5-4-6-12(7-11)21-3/h4-7,10,20H,8-9H2,1-3H3,(H,16,17)(H,18,19). The predicted octanol–water partition coefficient (Wildman–Crippen LogP) is 0.552. The van der Waals surface area contributed by atoms with Gasteiger partial charge in [-0.25, -0.2) is 4.79 Å². The number of nitrogens with one attached hydrogen (secondary N) is 1. The summed E-state index contributed by atoms with van der Waals surface area (Å²) in [7, 11) is 1.56. The molecule has 0 radical (unpaired) electrons. The van der Waals surface area contributed by atoms with Crippen LogP contribution in [0.1, 0.15) is 19.4 Å². The first-order valence-corrected chi connectivity index (χ1v) is 6.74. The van der Waals surface area contributed by atoms with Crippen molar-refractivity contribution in [1.82, 2.24) is 5.32 Å². The average Bonchev–Trinajstić information content (AvgIpc) is 2.50. The van der Waals surface area contributed by atoms with Gasteiger partial charge in [-0.3, -0.25) is 4.79 Å². The van der Waals surface area contributed by atoms with Gasteiger partial charge < -0.3 is 25.0 Å². The second-order valence-electron chi connectivity index (χ2n) is 5.10. The summed E-state index contributed by atoms with van der Waals surface area (Å²) in [4.78, 5) is 22.5. The van der Waals surface area contributed by atoms with E-state index in [4.69, 9.17) is 14.6 Å². The largest absolute Gasteiger partial charge is 0.497 e. The molecular formula is C15H21NO6. The monoisotopic (exact) mass is 311 g/mol. The number of amides is 1. The topological polar surface area (TPSA) is 105 Å². The first-order chi connectivity index (χ1) is 10.3. The van der Waals surface area contributed by atoms with Crippen molar-refractivity contribution in [3.8, 4) is 5.75 Å². The summed E-state index contributed by atoms with van der Waals surface area (Å²) in [6, 6.07) is 7.24. The van der Waals surface area contributed by atoms with Crippen LogP contribution in [0.2, 0.25) is 0 Å². The Bertz CT molecular complexity index is 529. The number of aliphatic hydroxyl groups is 1. The maximum atomic E-state index is 11.8. The van der Waals surface area contributed by atoms with Crippen LogP contribution < -0.4 is 10.1 Å². The van der Waals surface area contributed by atoms with E-state index in [-0.39, 0.29) is 6.61 Å². The fourth-order valence-corrected chi connectivity index (χ4v) is 1.54. The van der Waals surface area contributed by atoms with E-state index in [9.17, 15) is 14.7 Å². The normalized spacial score (nSPS) is 14.7. The van der Waals surface area contributed by atoms with Gasteiger partial charge in [-0.15, -0.1) is 0 Å². The van der Waals surface area contributed by atoms with Crippen molar-refractivity contribution >= 4 is 11.9 Å². The molecule has 0 aromatic heterocycles. The van der Waals surface area contributed by atoms with Gasteiger partial charge in [-0.1, -0.05) is 12.1 Å². The highest BCUT2D eigenvalue weighted by Crippen LogP contribution is 2.14. The zero-order valence-corrected chi connectivity index (χ0v) is 12.8. The van der Waals surface area contributed by atoms with Crippen LogP contribution >= 0.6 is 0 Å². The number of hydrogen-bond donors (Lipinski definition) is 3. The van der Waals surface area contributed by atoms with Crippen LogP contribution in [0.25, 0.3) is 0 Å². The van der Waals surface area contributed by atoms with Crippen LogP contribution in [0.15, 0.2) is 24.3 Å². The molecule has 0 fully saturated rings. The van der Waals surface area contributed by atoms with E-state index in [0.29, 0.717) is 5.75 Å². The van der Waals surface area contributed by atoms with Crippen LogP contribution in [0.4, 0.5) is 0 Å². The molecule has 0 saturated heterocycles. The molecule has 7 heteroatoms. The van der Waals surface area contributed by atoms with Gasteiger partial charge in [-0.05, 0) is 31.5 Å². The van der Waals surface area contributed by atoms with E-state index < -0.39 is 30.1 Å². The van der Waals surface area contributed by atoms with Crippen molar-refractivity contribution in [2.24, 2.45) is 0 Å². The number of carbonyl (C=O) groups excluding carboxylic acids is 1. The van der Waals surface area contributed by atoms with Gasteiger partial charge in [0.15, 0.2) is 5.60 Å². The van der Waals surface area contributed by atoms with Crippen molar-refractivity contribution in [2.75, 3.05) is 13.7 Å². The first-order valence-electron chi connectivity index (χ1n) is 6.74. The van der Waals surface area contributed by atoms with Gasteiger partial charge in [0.1, 0.15) is 11.9 Å². The minimum Gasteiger partial charge on any atom is -0.497 e. The number of rotatable bonds is 8. The van der Waals surface area contributed by atoms with Gasteiger partial charge in [0.05, 0.1) is 20.3 Å². The number of ether oxygens (including phenoxy) is 2. The van der Waals surface area contributed by atoms with E-state index >= 15 is 0 Å². The smallest absolute Gasteiger partial charge is 0.337 e. The maximum absolute atomic E-state index is 11.8. The highest BCUT2D eigenvalue weighted by Gasteiger charge is 2.30. The zero-order chi connectivity index (χ0) is 16.8. The molecule has 2 atom stereocenters. The second-order valence-corrected chi connectivity index (χ2v) is 5.10. The summed E-state index contributed by atoms with van der Waals surface area (Å²) in [5.41, 5.74) is -1.17. The third-order valence-corrected chi connectivity index (χ3v) is 3.07. The van der Waals surface area contributed by atoms with E-state index in [1.165, 1.54) is 0 Å². The van der Waals surface area contributed by atoms with E-state index in [2.05, 4.69) is 5.32 Å². The van der Waals surface area contributed by atoms with E-state index in [0.717, 1.165) is 12.5 Å². The summed E-state index contributed by atoms with van der Waals surface area (Å²) in [5.74, 6) is -1.21. The number of carboxylic acid groups (broad SMARTS) is 1. The Morgan fingerprint density at radius 2 is 2.09 bits per heavy atom. The molecule has 0 saturated carbocycles. The van der Waals surface area contributed by atoms with Crippen LogP contribution in [-0.4, -0.2) is 47.4 Å². The Hall–Kier alpha value is -2.12. The maximum Gasteiger partial charge on any atom is 0.337 e. The molecule has 2 unspecified atom stereocenters. The molecular weight excluding hydrogens is 290 g/mol. The van der Waals surface area contributed by atoms with E-state index in [1.54, 1.807) is 26.2 Å². The lowest BCUT2D eigenvalue weighted by atomic mass is 10.1. The molecule has 0 spiro atoms. The summed E-state index contributed by atoms with van der Waals surface area (Å²) in [5, 5.41) is 20.6. The number of carboxylic acids is 1. The fourth-order valence-electron chi connectivity index (χ4n) is 1.54. The van der Waals surface area contributed by atoms with Crippen LogP contribution in [0.3, 0.4) is 0 Å². The van der Waals surface area contributed by atoms with Crippen molar-refractivity contribution in [2.45, 2.75) is 32.2 Å². The Kier molecular flexibility index (Phi) is 6.33. The third-order valence-electron chi connectivity index (χ3n) is 3.07. The van der Waals surface area contributed by atoms with Crippen LogP contribution in [0, 0.1) is 0 Å². The van der Waals surface area contributed by atoms with Crippen molar-refractivity contribution in [1.29, 1.82) is 0 Å². The molecule has 1 amide bonds. The molecule has 7 nitrogen and oxygen atoms in total. The highest BCUT2D eigenvalue weighted by atomic mass is 16.5. The van der Waals surface area contributed by atoms with Crippen molar-refractivity contribution in [3.05, 3.63) is 29.8 Å². The van der Waals surface area contributed by atoms with Gasteiger partial charge >= 0.3 is 5.97 Å². The summed E-state index contributed by atoms with van der Waals surface area (Å²) in [6.45, 7) is 2.47. The molecule has 0 aliphatic heterocycles. The molecule has 0 aliphatic carbocycles. The van der Waals surface area contributed by atoms with Crippen LogP contribution in [0.5, 0.6) is 5.75 Å². The number of carbonyl (C=O) groups is 2. The average molecular weight is 311 g/mol. The molecule has 1 rings (SSSR count). The molecule has 0 aliphatic rings. The van der Waals surface area contributed by atoms with Gasteiger partial charge in [0, 0.05) is 0 Å². The lowest BCUT2D eigenvalue weighted by molar-refractivity contribution is -0.156. The summed E-state index contributed by atoms with van der Waals surface area (Å²) >= 11 is 0. The number of hydrogen-bond acceptors (Lipinski definition) is 5. The molecule has 3 N–H and O–H groups in total. The SMILES string of the molecule is COc1cccc(COC(C)C(=O)NCC(C)(O)C(=O)O)c1.